The van der Waals surface area contributed by atoms with Crippen molar-refractivity contribution in [3.63, 3.8) is 0 Å². The molecule has 1 aromatic carbocycles. The predicted octanol–water partition coefficient (Wildman–Crippen LogP) is -0.493. The summed E-state index contributed by atoms with van der Waals surface area (Å²) in [5.41, 5.74) is -0.193. The summed E-state index contributed by atoms with van der Waals surface area (Å²) < 4.78 is 10.6. The smallest absolute Gasteiger partial charge is 0.229 e. The molecule has 0 aromatic heterocycles. The molecule has 8 nitrogen and oxygen atoms in total. The largest absolute Gasteiger partial charge is 0.508 e. The molecule has 1 aliphatic heterocycles. The lowest BCUT2D eigenvalue weighted by molar-refractivity contribution is -0.268. The lowest BCUT2D eigenvalue weighted by Gasteiger charge is -2.39. The molecule has 0 unspecified atom stereocenters. The molecule has 8 heteroatoms. The third kappa shape index (κ3) is 3.00. The number of aromatic hydroxyl groups is 2. The number of aliphatic hydroxyl groups excluding tert-OH is 3. The van der Waals surface area contributed by atoms with Crippen LogP contribution in [0.3, 0.4) is 0 Å². The summed E-state index contributed by atoms with van der Waals surface area (Å²) in [6, 6.07) is 2.05. The van der Waals surface area contributed by atoms with E-state index >= 15 is 0 Å². The monoisotopic (exact) mass is 314 g/mol. The van der Waals surface area contributed by atoms with E-state index in [2.05, 4.69) is 0 Å². The fourth-order valence-corrected chi connectivity index (χ4v) is 2.27. The van der Waals surface area contributed by atoms with Gasteiger partial charge in [0.2, 0.25) is 6.29 Å². The van der Waals surface area contributed by atoms with Crippen LogP contribution in [0.4, 0.5) is 0 Å². The molecule has 5 atom stereocenters. The Morgan fingerprint density at radius 3 is 2.36 bits per heavy atom. The van der Waals surface area contributed by atoms with Crippen LogP contribution in [0.1, 0.15) is 24.2 Å². The third-order valence-electron chi connectivity index (χ3n) is 3.47. The first kappa shape index (κ1) is 16.5. The van der Waals surface area contributed by atoms with Crippen LogP contribution in [0.2, 0.25) is 0 Å². The Balaban J connectivity index is 2.32. The van der Waals surface area contributed by atoms with Gasteiger partial charge in [0.05, 0.1) is 6.10 Å². The highest BCUT2D eigenvalue weighted by Gasteiger charge is 2.43. The Kier molecular flexibility index (Phi) is 4.57. The molecule has 0 spiro atoms. The van der Waals surface area contributed by atoms with Gasteiger partial charge in [-0.15, -0.1) is 0 Å². The van der Waals surface area contributed by atoms with Crippen molar-refractivity contribution >= 4 is 5.78 Å². The molecule has 0 amide bonds. The summed E-state index contributed by atoms with van der Waals surface area (Å²) in [7, 11) is 0. The molecule has 22 heavy (non-hydrogen) atoms. The van der Waals surface area contributed by atoms with Crippen molar-refractivity contribution in [3.8, 4) is 17.2 Å². The van der Waals surface area contributed by atoms with Gasteiger partial charge in [0.1, 0.15) is 41.1 Å². The average Bonchev–Trinajstić information content (AvgIpc) is 2.41. The van der Waals surface area contributed by atoms with Gasteiger partial charge in [0.25, 0.3) is 0 Å². The normalized spacial score (nSPS) is 31.8. The molecule has 0 bridgehead atoms. The number of rotatable bonds is 3. The van der Waals surface area contributed by atoms with Gasteiger partial charge in [-0.25, -0.2) is 0 Å². The lowest BCUT2D eigenvalue weighted by atomic mass is 10.00. The fraction of sp³-hybridized carbons (Fsp3) is 0.500. The minimum Gasteiger partial charge on any atom is -0.508 e. The number of hydrogen-bond acceptors (Lipinski definition) is 8. The van der Waals surface area contributed by atoms with Gasteiger partial charge in [-0.05, 0) is 13.8 Å². The van der Waals surface area contributed by atoms with E-state index in [1.165, 1.54) is 13.8 Å². The number of carbonyl (C=O) groups excluding carboxylic acids is 1. The Bertz CT molecular complexity index is 572. The van der Waals surface area contributed by atoms with Crippen molar-refractivity contribution in [2.45, 2.75) is 44.6 Å². The summed E-state index contributed by atoms with van der Waals surface area (Å²) in [5, 5.41) is 48.4. The van der Waals surface area contributed by atoms with Crippen LogP contribution in [0.25, 0.3) is 0 Å². The predicted molar refractivity (Wildman–Crippen MR) is 72.8 cm³/mol. The van der Waals surface area contributed by atoms with Gasteiger partial charge < -0.3 is 35.0 Å². The number of Topliss-reactive ketones (excluding diaryl/α,β-unsaturated/α-hetero) is 1. The molecular formula is C14H18O8. The third-order valence-corrected chi connectivity index (χ3v) is 3.47. The first-order valence-electron chi connectivity index (χ1n) is 6.65. The number of ketones is 1. The highest BCUT2D eigenvalue weighted by molar-refractivity contribution is 5.99. The summed E-state index contributed by atoms with van der Waals surface area (Å²) >= 11 is 0. The molecule has 1 aromatic rings. The second kappa shape index (κ2) is 6.09. The van der Waals surface area contributed by atoms with Gasteiger partial charge in [-0.3, -0.25) is 4.79 Å². The second-order valence-electron chi connectivity index (χ2n) is 5.19. The van der Waals surface area contributed by atoms with Gasteiger partial charge in [0.15, 0.2) is 5.78 Å². The number of ether oxygens (including phenoxy) is 2. The van der Waals surface area contributed by atoms with Crippen molar-refractivity contribution < 1.29 is 39.8 Å². The van der Waals surface area contributed by atoms with Crippen LogP contribution in [0.15, 0.2) is 12.1 Å². The van der Waals surface area contributed by atoms with Crippen LogP contribution in [0, 0.1) is 0 Å². The second-order valence-corrected chi connectivity index (χ2v) is 5.19. The highest BCUT2D eigenvalue weighted by atomic mass is 16.7. The number of carbonyl (C=O) groups is 1. The molecule has 0 radical (unpaired) electrons. The lowest BCUT2D eigenvalue weighted by Crippen LogP contribution is -2.58. The van der Waals surface area contributed by atoms with Crippen LogP contribution in [0.5, 0.6) is 17.2 Å². The van der Waals surface area contributed by atoms with Gasteiger partial charge in [-0.2, -0.15) is 0 Å². The zero-order valence-electron chi connectivity index (χ0n) is 12.0. The Hall–Kier alpha value is -1.87. The molecular weight excluding hydrogens is 296 g/mol. The molecule has 1 fully saturated rings. The summed E-state index contributed by atoms with van der Waals surface area (Å²) in [4.78, 5) is 11.6. The maximum absolute atomic E-state index is 11.6. The first-order valence-corrected chi connectivity index (χ1v) is 6.65. The van der Waals surface area contributed by atoms with E-state index in [9.17, 15) is 30.3 Å². The first-order chi connectivity index (χ1) is 10.2. The van der Waals surface area contributed by atoms with E-state index in [4.69, 9.17) is 9.47 Å². The molecule has 5 N–H and O–H groups in total. The molecule has 1 heterocycles. The quantitative estimate of drug-likeness (QED) is 0.471. The van der Waals surface area contributed by atoms with E-state index in [-0.39, 0.29) is 17.1 Å². The highest BCUT2D eigenvalue weighted by Crippen LogP contribution is 2.35. The number of phenols is 2. The minimum absolute atomic E-state index is 0.193. The van der Waals surface area contributed by atoms with Crippen molar-refractivity contribution in [1.29, 1.82) is 0 Å². The number of phenolic OH excluding ortho intramolecular Hbond substituents is 2. The summed E-state index contributed by atoms with van der Waals surface area (Å²) in [6.07, 6.45) is -6.57. The summed E-state index contributed by atoms with van der Waals surface area (Å²) in [6.45, 7) is 2.67. The van der Waals surface area contributed by atoms with Crippen molar-refractivity contribution in [2.75, 3.05) is 0 Å². The zero-order valence-corrected chi connectivity index (χ0v) is 12.0. The van der Waals surface area contributed by atoms with Crippen LogP contribution in [-0.2, 0) is 4.74 Å². The van der Waals surface area contributed by atoms with Crippen molar-refractivity contribution in [3.05, 3.63) is 17.7 Å². The molecule has 0 aliphatic carbocycles. The Morgan fingerprint density at radius 2 is 1.77 bits per heavy atom. The van der Waals surface area contributed by atoms with Crippen molar-refractivity contribution in [1.82, 2.24) is 0 Å². The molecule has 0 saturated carbocycles. The number of hydrogen-bond donors (Lipinski definition) is 5. The Labute approximate surface area is 126 Å². The van der Waals surface area contributed by atoms with Gasteiger partial charge in [0, 0.05) is 12.1 Å². The SMILES string of the molecule is CC(=O)c1c(O)cc(O)cc1O[C@H]1O[C@@H](C)[C@@H](O)[C@@H](O)[C@@H]1O. The Morgan fingerprint density at radius 1 is 1.14 bits per heavy atom. The van der Waals surface area contributed by atoms with Gasteiger partial charge >= 0.3 is 0 Å². The molecule has 2 rings (SSSR count). The maximum atomic E-state index is 11.6. The van der Waals surface area contributed by atoms with E-state index in [0.29, 0.717) is 0 Å². The van der Waals surface area contributed by atoms with Gasteiger partial charge in [-0.1, -0.05) is 0 Å². The minimum atomic E-state index is -1.57. The average molecular weight is 314 g/mol. The fourth-order valence-electron chi connectivity index (χ4n) is 2.27. The topological polar surface area (TPSA) is 137 Å². The standard InChI is InChI=1S/C14H18O8/c1-5(15)10-8(17)3-7(16)4-9(10)22-14-13(20)12(19)11(18)6(2)21-14/h3-4,6,11-14,16-20H,1-2H3/t6-,11+,12+,13-,14+/m0/s1. The zero-order chi connectivity index (χ0) is 16.6. The van der Waals surface area contributed by atoms with E-state index in [0.717, 1.165) is 12.1 Å². The van der Waals surface area contributed by atoms with E-state index in [1.54, 1.807) is 0 Å². The maximum Gasteiger partial charge on any atom is 0.229 e. The summed E-state index contributed by atoms with van der Waals surface area (Å²) in [5.74, 6) is -1.56. The molecule has 1 saturated heterocycles. The van der Waals surface area contributed by atoms with Crippen LogP contribution in [-0.4, -0.2) is 62.0 Å². The van der Waals surface area contributed by atoms with Crippen molar-refractivity contribution in [2.24, 2.45) is 0 Å². The number of benzene rings is 1. The van der Waals surface area contributed by atoms with E-state index in [1.807, 2.05) is 0 Å². The number of aliphatic hydroxyl groups is 3. The molecule has 122 valence electrons. The van der Waals surface area contributed by atoms with Crippen LogP contribution < -0.4 is 4.74 Å². The van der Waals surface area contributed by atoms with Crippen LogP contribution >= 0.6 is 0 Å². The molecule has 1 aliphatic rings. The van der Waals surface area contributed by atoms with E-state index < -0.39 is 42.2 Å².